The Bertz CT molecular complexity index is 370. The van der Waals surface area contributed by atoms with Crippen molar-refractivity contribution in [2.24, 2.45) is 0 Å². The van der Waals surface area contributed by atoms with Gasteiger partial charge in [-0.05, 0) is 30.5 Å². The van der Waals surface area contributed by atoms with E-state index >= 15 is 0 Å². The minimum absolute atomic E-state index is 0.730. The molecule has 0 aromatic heterocycles. The Morgan fingerprint density at radius 1 is 1.24 bits per heavy atom. The highest BCUT2D eigenvalue weighted by molar-refractivity contribution is 5.47. The van der Waals surface area contributed by atoms with Crippen LogP contribution in [-0.2, 0) is 11.3 Å². The Morgan fingerprint density at radius 3 is 2.82 bits per heavy atom. The molecular formula is C14H20N2O. The number of nitrogens with one attached hydrogen (secondary N) is 1. The highest BCUT2D eigenvalue weighted by Gasteiger charge is 2.20. The minimum atomic E-state index is 0.730. The number of benzene rings is 1. The maximum absolute atomic E-state index is 5.37. The van der Waals surface area contributed by atoms with Crippen molar-refractivity contribution in [2.45, 2.75) is 25.4 Å². The van der Waals surface area contributed by atoms with Gasteiger partial charge in [0, 0.05) is 31.4 Å². The number of hydrogen-bond acceptors (Lipinski definition) is 3. The molecule has 3 nitrogen and oxygen atoms in total. The summed E-state index contributed by atoms with van der Waals surface area (Å²) in [5, 5.41) is 3.55. The molecule has 0 bridgehead atoms. The molecule has 1 heterocycles. The summed E-state index contributed by atoms with van der Waals surface area (Å²) >= 11 is 0. The van der Waals surface area contributed by atoms with E-state index in [0.29, 0.717) is 0 Å². The number of rotatable bonds is 4. The predicted molar refractivity (Wildman–Crippen MR) is 69.2 cm³/mol. The van der Waals surface area contributed by atoms with E-state index in [4.69, 9.17) is 4.74 Å². The lowest BCUT2D eigenvalue weighted by Gasteiger charge is -2.26. The third-order valence-corrected chi connectivity index (χ3v) is 3.39. The van der Waals surface area contributed by atoms with E-state index in [1.54, 1.807) is 0 Å². The number of anilines is 1. The summed E-state index contributed by atoms with van der Waals surface area (Å²) in [4.78, 5) is 2.46. The molecule has 1 aliphatic heterocycles. The number of nitrogens with zero attached hydrogens (tertiary/aromatic N) is 1. The van der Waals surface area contributed by atoms with E-state index in [-0.39, 0.29) is 0 Å². The average Bonchev–Trinajstić information content (AvgIpc) is 3.15. The Balaban J connectivity index is 1.60. The lowest BCUT2D eigenvalue weighted by Crippen LogP contribution is -2.35. The fourth-order valence-corrected chi connectivity index (χ4v) is 2.24. The molecule has 1 saturated heterocycles. The first-order valence-corrected chi connectivity index (χ1v) is 6.56. The molecule has 17 heavy (non-hydrogen) atoms. The summed E-state index contributed by atoms with van der Waals surface area (Å²) in [5.74, 6) is 0. The normalized spacial score (nSPS) is 21.4. The molecule has 1 aromatic carbocycles. The van der Waals surface area contributed by atoms with Crippen LogP contribution in [0.25, 0.3) is 0 Å². The first-order valence-electron chi connectivity index (χ1n) is 6.56. The van der Waals surface area contributed by atoms with Gasteiger partial charge in [-0.15, -0.1) is 0 Å². The molecule has 2 fully saturated rings. The van der Waals surface area contributed by atoms with Crippen LogP contribution in [-0.4, -0.2) is 37.2 Å². The Labute approximate surface area is 103 Å². The Morgan fingerprint density at radius 2 is 2.06 bits per heavy atom. The summed E-state index contributed by atoms with van der Waals surface area (Å²) in [7, 11) is 0. The summed E-state index contributed by atoms with van der Waals surface area (Å²) in [5.41, 5.74) is 2.68. The molecule has 1 N–H and O–H groups in total. The number of hydrogen-bond donors (Lipinski definition) is 1. The first-order chi connectivity index (χ1) is 8.40. The monoisotopic (exact) mass is 232 g/mol. The molecule has 2 aliphatic rings. The summed E-state index contributed by atoms with van der Waals surface area (Å²) < 4.78 is 5.37. The zero-order chi connectivity index (χ0) is 11.5. The van der Waals surface area contributed by atoms with E-state index in [2.05, 4.69) is 34.5 Å². The van der Waals surface area contributed by atoms with Crippen LogP contribution >= 0.6 is 0 Å². The highest BCUT2D eigenvalue weighted by atomic mass is 16.5. The molecular weight excluding hydrogens is 212 g/mol. The molecule has 1 saturated carbocycles. The minimum Gasteiger partial charge on any atom is -0.382 e. The van der Waals surface area contributed by atoms with Crippen LogP contribution in [0.1, 0.15) is 18.4 Å². The lowest BCUT2D eigenvalue weighted by molar-refractivity contribution is 0.0342. The molecule has 0 spiro atoms. The van der Waals surface area contributed by atoms with Gasteiger partial charge in [-0.1, -0.05) is 12.1 Å². The van der Waals surface area contributed by atoms with E-state index in [0.717, 1.165) is 38.9 Å². The highest BCUT2D eigenvalue weighted by Crippen LogP contribution is 2.25. The number of ether oxygens (including phenoxy) is 1. The van der Waals surface area contributed by atoms with Crippen molar-refractivity contribution in [3.8, 4) is 0 Å². The van der Waals surface area contributed by atoms with Gasteiger partial charge in [-0.2, -0.15) is 0 Å². The second-order valence-corrected chi connectivity index (χ2v) is 5.01. The van der Waals surface area contributed by atoms with Crippen LogP contribution in [0.3, 0.4) is 0 Å². The van der Waals surface area contributed by atoms with Crippen molar-refractivity contribution in [3.63, 3.8) is 0 Å². The summed E-state index contributed by atoms with van der Waals surface area (Å²) in [6.07, 6.45) is 2.65. The van der Waals surface area contributed by atoms with Gasteiger partial charge in [0.2, 0.25) is 0 Å². The summed E-state index contributed by atoms with van der Waals surface area (Å²) in [6, 6.07) is 9.55. The van der Waals surface area contributed by atoms with Gasteiger partial charge in [0.25, 0.3) is 0 Å². The lowest BCUT2D eigenvalue weighted by atomic mass is 10.2. The smallest absolute Gasteiger partial charge is 0.0594 e. The van der Waals surface area contributed by atoms with Crippen molar-refractivity contribution in [2.75, 3.05) is 31.6 Å². The van der Waals surface area contributed by atoms with Crippen molar-refractivity contribution in [3.05, 3.63) is 29.8 Å². The van der Waals surface area contributed by atoms with E-state index in [1.807, 2.05) is 0 Å². The van der Waals surface area contributed by atoms with Crippen molar-refractivity contribution in [1.82, 2.24) is 4.90 Å². The standard InChI is InChI=1S/C14H20N2O/c1-2-12(11-16-6-8-17-9-7-16)10-14(3-1)15-13-4-5-13/h1-3,10,13,15H,4-9,11H2. The van der Waals surface area contributed by atoms with Crippen LogP contribution in [0.4, 0.5) is 5.69 Å². The first kappa shape index (κ1) is 11.1. The fraction of sp³-hybridized carbons (Fsp3) is 0.571. The van der Waals surface area contributed by atoms with Gasteiger partial charge in [0.05, 0.1) is 13.2 Å². The zero-order valence-corrected chi connectivity index (χ0v) is 10.2. The largest absolute Gasteiger partial charge is 0.382 e. The SMILES string of the molecule is c1cc(CN2CCOCC2)cc(NC2CC2)c1. The van der Waals surface area contributed by atoms with Crippen LogP contribution in [0.5, 0.6) is 0 Å². The van der Waals surface area contributed by atoms with Gasteiger partial charge < -0.3 is 10.1 Å². The van der Waals surface area contributed by atoms with Crippen molar-refractivity contribution in [1.29, 1.82) is 0 Å². The van der Waals surface area contributed by atoms with Crippen LogP contribution in [0.15, 0.2) is 24.3 Å². The van der Waals surface area contributed by atoms with Crippen molar-refractivity contribution >= 4 is 5.69 Å². The van der Waals surface area contributed by atoms with E-state index in [9.17, 15) is 0 Å². The quantitative estimate of drug-likeness (QED) is 0.860. The van der Waals surface area contributed by atoms with Crippen molar-refractivity contribution < 1.29 is 4.74 Å². The molecule has 0 amide bonds. The predicted octanol–water partition coefficient (Wildman–Crippen LogP) is 2.09. The van der Waals surface area contributed by atoms with Crippen LogP contribution in [0.2, 0.25) is 0 Å². The van der Waals surface area contributed by atoms with Gasteiger partial charge >= 0.3 is 0 Å². The molecule has 0 unspecified atom stereocenters. The second-order valence-electron chi connectivity index (χ2n) is 5.01. The maximum Gasteiger partial charge on any atom is 0.0594 e. The molecule has 92 valence electrons. The Kier molecular flexibility index (Phi) is 3.29. The molecule has 3 rings (SSSR count). The summed E-state index contributed by atoms with van der Waals surface area (Å²) in [6.45, 7) is 4.91. The van der Waals surface area contributed by atoms with Crippen LogP contribution < -0.4 is 5.32 Å². The Hall–Kier alpha value is -1.06. The third-order valence-electron chi connectivity index (χ3n) is 3.39. The molecule has 0 radical (unpaired) electrons. The zero-order valence-electron chi connectivity index (χ0n) is 10.2. The second kappa shape index (κ2) is 5.07. The van der Waals surface area contributed by atoms with Gasteiger partial charge in [0.15, 0.2) is 0 Å². The van der Waals surface area contributed by atoms with E-state index < -0.39 is 0 Å². The average molecular weight is 232 g/mol. The van der Waals surface area contributed by atoms with Gasteiger partial charge in [-0.3, -0.25) is 4.90 Å². The number of morpholine rings is 1. The molecule has 0 atom stereocenters. The van der Waals surface area contributed by atoms with E-state index in [1.165, 1.54) is 24.1 Å². The third kappa shape index (κ3) is 3.20. The van der Waals surface area contributed by atoms with Gasteiger partial charge in [-0.25, -0.2) is 0 Å². The topological polar surface area (TPSA) is 24.5 Å². The molecule has 1 aromatic rings. The van der Waals surface area contributed by atoms with Crippen LogP contribution in [0, 0.1) is 0 Å². The maximum atomic E-state index is 5.37. The fourth-order valence-electron chi connectivity index (χ4n) is 2.24. The van der Waals surface area contributed by atoms with Gasteiger partial charge in [0.1, 0.15) is 0 Å². The molecule has 1 aliphatic carbocycles. The molecule has 3 heteroatoms.